The van der Waals surface area contributed by atoms with Gasteiger partial charge in [0.15, 0.2) is 0 Å². The molecule has 2 aliphatic rings. The Morgan fingerprint density at radius 3 is 2.43 bits per heavy atom. The third-order valence-electron chi connectivity index (χ3n) is 3.94. The molecule has 0 aromatic heterocycles. The lowest BCUT2D eigenvalue weighted by Crippen LogP contribution is -2.16. The van der Waals surface area contributed by atoms with Crippen molar-refractivity contribution in [3.05, 3.63) is 54.1 Å². The van der Waals surface area contributed by atoms with Crippen molar-refractivity contribution in [1.29, 1.82) is 0 Å². The van der Waals surface area contributed by atoms with E-state index in [0.29, 0.717) is 6.10 Å². The first-order valence-corrected chi connectivity index (χ1v) is 8.08. The molecule has 0 amide bonds. The molecule has 21 heavy (non-hydrogen) atoms. The number of benzene rings is 2. The number of epoxide rings is 1. The minimum Gasteiger partial charge on any atom is -0.373 e. The van der Waals surface area contributed by atoms with Gasteiger partial charge in [0, 0.05) is 6.54 Å². The Labute approximate surface area is 129 Å². The van der Waals surface area contributed by atoms with Crippen molar-refractivity contribution in [2.45, 2.75) is 19.4 Å². The van der Waals surface area contributed by atoms with Crippen LogP contribution in [0.15, 0.2) is 48.5 Å². The molecular formula is C17H18N2OS. The Balaban J connectivity index is 1.65. The monoisotopic (exact) mass is 298 g/mol. The molecule has 0 N–H and O–H groups in total. The molecule has 0 bridgehead atoms. The molecule has 1 unspecified atom stereocenters. The summed E-state index contributed by atoms with van der Waals surface area (Å²) in [5, 5.41) is 0. The average Bonchev–Trinajstić information content (AvgIpc) is 3.27. The van der Waals surface area contributed by atoms with E-state index in [4.69, 9.17) is 4.74 Å². The third-order valence-corrected chi connectivity index (χ3v) is 5.07. The fourth-order valence-corrected chi connectivity index (χ4v) is 3.82. The molecule has 2 aliphatic heterocycles. The summed E-state index contributed by atoms with van der Waals surface area (Å²) in [6, 6.07) is 17.2. The van der Waals surface area contributed by atoms with Crippen LogP contribution in [-0.2, 0) is 4.74 Å². The zero-order valence-corrected chi connectivity index (χ0v) is 12.8. The van der Waals surface area contributed by atoms with Gasteiger partial charge < -0.3 is 4.74 Å². The highest BCUT2D eigenvalue weighted by molar-refractivity contribution is 8.02. The Kier molecular flexibility index (Phi) is 3.28. The SMILES string of the molecule is Cc1ccccc1N1SN(CCC2CO2)c2ccccc21. The molecule has 4 heteroatoms. The second kappa shape index (κ2) is 5.28. The van der Waals surface area contributed by atoms with Gasteiger partial charge in [0.2, 0.25) is 0 Å². The van der Waals surface area contributed by atoms with Gasteiger partial charge in [-0.3, -0.25) is 8.61 Å². The fraction of sp³-hybridized carbons (Fsp3) is 0.294. The number of para-hydroxylation sites is 3. The molecule has 2 aromatic rings. The number of hydrogen-bond acceptors (Lipinski definition) is 4. The summed E-state index contributed by atoms with van der Waals surface area (Å²) in [7, 11) is 0. The smallest absolute Gasteiger partial charge is 0.0827 e. The van der Waals surface area contributed by atoms with Gasteiger partial charge in [-0.05, 0) is 37.1 Å². The summed E-state index contributed by atoms with van der Waals surface area (Å²) in [5.74, 6) is 0. The quantitative estimate of drug-likeness (QED) is 0.618. The first-order chi connectivity index (χ1) is 10.3. The van der Waals surface area contributed by atoms with Gasteiger partial charge in [-0.15, -0.1) is 0 Å². The van der Waals surface area contributed by atoms with E-state index in [1.54, 1.807) is 12.1 Å². The van der Waals surface area contributed by atoms with Crippen LogP contribution < -0.4 is 8.61 Å². The van der Waals surface area contributed by atoms with E-state index in [1.165, 1.54) is 22.6 Å². The molecule has 4 rings (SSSR count). The summed E-state index contributed by atoms with van der Waals surface area (Å²) in [6.45, 7) is 4.12. The second-order valence-corrected chi connectivity index (χ2v) is 6.47. The Hall–Kier alpha value is -1.65. The molecule has 108 valence electrons. The van der Waals surface area contributed by atoms with Gasteiger partial charge in [0.1, 0.15) is 0 Å². The number of rotatable bonds is 4. The van der Waals surface area contributed by atoms with E-state index in [0.717, 1.165) is 19.6 Å². The van der Waals surface area contributed by atoms with Crippen molar-refractivity contribution in [2.75, 3.05) is 21.8 Å². The molecule has 1 atom stereocenters. The number of ether oxygens (including phenoxy) is 1. The Morgan fingerprint density at radius 1 is 1.05 bits per heavy atom. The van der Waals surface area contributed by atoms with E-state index in [1.807, 2.05) is 0 Å². The lowest BCUT2D eigenvalue weighted by atomic mass is 10.2. The summed E-state index contributed by atoms with van der Waals surface area (Å²) >= 11 is 1.79. The van der Waals surface area contributed by atoms with Gasteiger partial charge in [-0.25, -0.2) is 0 Å². The molecule has 0 spiro atoms. The third kappa shape index (κ3) is 2.49. The number of hydrogen-bond donors (Lipinski definition) is 0. The van der Waals surface area contributed by atoms with Crippen molar-refractivity contribution in [3.63, 3.8) is 0 Å². The fourth-order valence-electron chi connectivity index (χ4n) is 2.66. The van der Waals surface area contributed by atoms with E-state index >= 15 is 0 Å². The molecule has 3 nitrogen and oxygen atoms in total. The van der Waals surface area contributed by atoms with Crippen molar-refractivity contribution in [3.8, 4) is 0 Å². The van der Waals surface area contributed by atoms with Gasteiger partial charge in [0.05, 0.1) is 41.9 Å². The van der Waals surface area contributed by atoms with Crippen LogP contribution in [0.3, 0.4) is 0 Å². The molecule has 2 heterocycles. The molecule has 2 aromatic carbocycles. The van der Waals surface area contributed by atoms with Gasteiger partial charge >= 0.3 is 0 Å². The Morgan fingerprint density at radius 2 is 1.71 bits per heavy atom. The standard InChI is InChI=1S/C17H18N2OS/c1-13-6-2-3-7-15(13)19-17-9-5-4-8-16(17)18(21-19)11-10-14-12-20-14/h2-9,14H,10-12H2,1H3. The van der Waals surface area contributed by atoms with Crippen LogP contribution in [0.1, 0.15) is 12.0 Å². The van der Waals surface area contributed by atoms with Crippen molar-refractivity contribution in [1.82, 2.24) is 0 Å². The zero-order chi connectivity index (χ0) is 14.2. The molecule has 0 aliphatic carbocycles. The number of anilines is 3. The molecule has 0 saturated carbocycles. The predicted molar refractivity (Wildman–Crippen MR) is 89.1 cm³/mol. The van der Waals surface area contributed by atoms with Crippen LogP contribution >= 0.6 is 12.1 Å². The van der Waals surface area contributed by atoms with Crippen LogP contribution in [0.4, 0.5) is 17.1 Å². The molecule has 1 saturated heterocycles. The van der Waals surface area contributed by atoms with Crippen molar-refractivity contribution in [2.24, 2.45) is 0 Å². The van der Waals surface area contributed by atoms with Crippen LogP contribution in [-0.4, -0.2) is 19.3 Å². The van der Waals surface area contributed by atoms with Crippen LogP contribution in [0.2, 0.25) is 0 Å². The van der Waals surface area contributed by atoms with Gasteiger partial charge in [-0.2, -0.15) is 0 Å². The predicted octanol–water partition coefficient (Wildman–Crippen LogP) is 4.31. The summed E-state index contributed by atoms with van der Waals surface area (Å²) in [6.07, 6.45) is 1.58. The summed E-state index contributed by atoms with van der Waals surface area (Å²) < 4.78 is 10.0. The Bertz CT molecular complexity index is 657. The van der Waals surface area contributed by atoms with E-state index < -0.39 is 0 Å². The molecular weight excluding hydrogens is 280 g/mol. The second-order valence-electron chi connectivity index (χ2n) is 5.50. The normalized spacial score (nSPS) is 19.8. The summed E-state index contributed by atoms with van der Waals surface area (Å²) in [4.78, 5) is 0. The minimum atomic E-state index is 0.477. The molecule has 0 radical (unpaired) electrons. The van der Waals surface area contributed by atoms with Gasteiger partial charge in [-0.1, -0.05) is 30.3 Å². The maximum Gasteiger partial charge on any atom is 0.0827 e. The van der Waals surface area contributed by atoms with Crippen LogP contribution in [0.5, 0.6) is 0 Å². The topological polar surface area (TPSA) is 19.0 Å². The summed E-state index contributed by atoms with van der Waals surface area (Å²) in [5.41, 5.74) is 5.13. The molecule has 1 fully saturated rings. The van der Waals surface area contributed by atoms with E-state index in [9.17, 15) is 0 Å². The number of aryl methyl sites for hydroxylation is 1. The zero-order valence-electron chi connectivity index (χ0n) is 12.0. The first-order valence-electron chi connectivity index (χ1n) is 7.35. The lowest BCUT2D eigenvalue weighted by molar-refractivity contribution is 0.399. The minimum absolute atomic E-state index is 0.477. The van der Waals surface area contributed by atoms with Crippen molar-refractivity contribution >= 4 is 29.2 Å². The highest BCUT2D eigenvalue weighted by atomic mass is 32.2. The highest BCUT2D eigenvalue weighted by Crippen LogP contribution is 2.49. The van der Waals surface area contributed by atoms with Crippen LogP contribution in [0.25, 0.3) is 0 Å². The number of nitrogens with zero attached hydrogens (tertiary/aromatic N) is 2. The lowest BCUT2D eigenvalue weighted by Gasteiger charge is -2.20. The first kappa shape index (κ1) is 13.0. The maximum atomic E-state index is 5.34. The maximum absolute atomic E-state index is 5.34. The van der Waals surface area contributed by atoms with Crippen LogP contribution in [0, 0.1) is 6.92 Å². The van der Waals surface area contributed by atoms with E-state index in [2.05, 4.69) is 64.1 Å². The highest BCUT2D eigenvalue weighted by Gasteiger charge is 2.31. The number of fused-ring (bicyclic) bond motifs is 1. The average molecular weight is 298 g/mol. The van der Waals surface area contributed by atoms with E-state index in [-0.39, 0.29) is 0 Å². The van der Waals surface area contributed by atoms with Crippen molar-refractivity contribution < 1.29 is 4.74 Å². The van der Waals surface area contributed by atoms with Gasteiger partial charge in [0.25, 0.3) is 0 Å². The largest absolute Gasteiger partial charge is 0.373 e.